The molecule has 0 unspecified atom stereocenters. The van der Waals surface area contributed by atoms with E-state index in [1.165, 1.54) is 5.39 Å². The minimum Gasteiger partial charge on any atom is -0.504 e. The van der Waals surface area contributed by atoms with Crippen LogP contribution in [0.3, 0.4) is 0 Å². The summed E-state index contributed by atoms with van der Waals surface area (Å²) >= 11 is 0. The minimum absolute atomic E-state index is 0.205. The zero-order valence-corrected chi connectivity index (χ0v) is 11.6. The first-order valence-corrected chi connectivity index (χ1v) is 6.90. The summed E-state index contributed by atoms with van der Waals surface area (Å²) < 4.78 is 5.47. The maximum Gasteiger partial charge on any atom is 0.168 e. The lowest BCUT2D eigenvalue weighted by atomic mass is 9.97. The van der Waals surface area contributed by atoms with E-state index in [0.717, 1.165) is 26.9 Å². The van der Waals surface area contributed by atoms with Crippen molar-refractivity contribution in [3.63, 3.8) is 0 Å². The lowest BCUT2D eigenvalue weighted by Gasteiger charge is -2.13. The molecule has 0 bridgehead atoms. The molecular formula is C19H14O2. The van der Waals surface area contributed by atoms with Crippen molar-refractivity contribution in [2.45, 2.75) is 0 Å². The average Bonchev–Trinajstić information content (AvgIpc) is 2.54. The first kappa shape index (κ1) is 12.0. The van der Waals surface area contributed by atoms with E-state index in [1.807, 2.05) is 36.4 Å². The van der Waals surface area contributed by atoms with Crippen molar-refractivity contribution in [1.82, 2.24) is 0 Å². The molecule has 0 aliphatic carbocycles. The third kappa shape index (κ3) is 1.66. The molecule has 0 radical (unpaired) electrons. The fraction of sp³-hybridized carbons (Fsp3) is 0.0526. The summed E-state index contributed by atoms with van der Waals surface area (Å²) in [5.41, 5.74) is 0. The maximum absolute atomic E-state index is 10.5. The zero-order valence-electron chi connectivity index (χ0n) is 11.6. The molecule has 2 nitrogen and oxygen atoms in total. The van der Waals surface area contributed by atoms with Crippen LogP contribution in [0.25, 0.3) is 32.3 Å². The van der Waals surface area contributed by atoms with Crippen molar-refractivity contribution in [3.05, 3.63) is 60.7 Å². The number of ether oxygens (including phenoxy) is 1. The Morgan fingerprint density at radius 3 is 1.95 bits per heavy atom. The highest BCUT2D eigenvalue weighted by molar-refractivity contribution is 6.17. The molecule has 0 aliphatic heterocycles. The molecule has 0 fully saturated rings. The Balaban J connectivity index is 2.32. The van der Waals surface area contributed by atoms with Crippen LogP contribution in [-0.4, -0.2) is 12.2 Å². The van der Waals surface area contributed by atoms with Crippen molar-refractivity contribution in [1.29, 1.82) is 0 Å². The number of hydrogen-bond donors (Lipinski definition) is 1. The molecular weight excluding hydrogens is 260 g/mol. The normalized spacial score (nSPS) is 11.3. The molecule has 0 amide bonds. The Hall–Kier alpha value is -2.74. The van der Waals surface area contributed by atoms with Crippen LogP contribution in [0.4, 0.5) is 0 Å². The van der Waals surface area contributed by atoms with Gasteiger partial charge >= 0.3 is 0 Å². The molecule has 4 rings (SSSR count). The molecule has 0 aromatic heterocycles. The van der Waals surface area contributed by atoms with Gasteiger partial charge in [0.05, 0.1) is 7.11 Å². The quantitative estimate of drug-likeness (QED) is 0.397. The number of rotatable bonds is 1. The first-order chi connectivity index (χ1) is 10.3. The van der Waals surface area contributed by atoms with Crippen LogP contribution in [-0.2, 0) is 0 Å². The van der Waals surface area contributed by atoms with Gasteiger partial charge in [0.15, 0.2) is 11.5 Å². The Labute approximate surface area is 122 Å². The molecule has 0 saturated heterocycles. The van der Waals surface area contributed by atoms with Crippen LogP contribution in [0.15, 0.2) is 60.7 Å². The number of hydrogen-bond acceptors (Lipinski definition) is 2. The predicted octanol–water partition coefficient (Wildman–Crippen LogP) is 4.86. The molecule has 0 aliphatic rings. The molecule has 0 spiro atoms. The fourth-order valence-electron chi connectivity index (χ4n) is 3.03. The summed E-state index contributed by atoms with van der Waals surface area (Å²) in [5, 5.41) is 16.7. The number of aromatic hydroxyl groups is 1. The van der Waals surface area contributed by atoms with E-state index in [0.29, 0.717) is 5.75 Å². The second-order valence-electron chi connectivity index (χ2n) is 5.17. The third-order valence-electron chi connectivity index (χ3n) is 4.02. The van der Waals surface area contributed by atoms with E-state index in [1.54, 1.807) is 7.11 Å². The minimum atomic E-state index is 0.205. The molecule has 4 aromatic rings. The number of phenolic OH excluding ortho intramolecular Hbond substituents is 1. The highest BCUT2D eigenvalue weighted by atomic mass is 16.5. The maximum atomic E-state index is 10.5. The van der Waals surface area contributed by atoms with Crippen molar-refractivity contribution in [2.75, 3.05) is 7.11 Å². The molecule has 0 heterocycles. The third-order valence-corrected chi connectivity index (χ3v) is 4.02. The van der Waals surface area contributed by atoms with Crippen LogP contribution < -0.4 is 4.74 Å². The van der Waals surface area contributed by atoms with Gasteiger partial charge in [-0.2, -0.15) is 0 Å². The van der Waals surface area contributed by atoms with Crippen LogP contribution in [0.1, 0.15) is 0 Å². The fourth-order valence-corrected chi connectivity index (χ4v) is 3.03. The standard InChI is InChI=1S/C19H14O2/c1-21-19-17-11-13-7-3-2-6-12(13)10-16(17)14-8-4-5-9-15(14)18(19)20/h2-11,20H,1H3. The monoisotopic (exact) mass is 274 g/mol. The molecule has 0 saturated carbocycles. The molecule has 102 valence electrons. The average molecular weight is 274 g/mol. The SMILES string of the molecule is COc1c(O)c2ccccc2c2cc3ccccc3cc12. The van der Waals surface area contributed by atoms with E-state index in [9.17, 15) is 5.11 Å². The Morgan fingerprint density at radius 1 is 0.714 bits per heavy atom. The highest BCUT2D eigenvalue weighted by Crippen LogP contribution is 2.43. The Morgan fingerprint density at radius 2 is 1.29 bits per heavy atom. The van der Waals surface area contributed by atoms with Crippen molar-refractivity contribution in [3.8, 4) is 11.5 Å². The van der Waals surface area contributed by atoms with Crippen LogP contribution in [0.2, 0.25) is 0 Å². The van der Waals surface area contributed by atoms with Gasteiger partial charge in [-0.25, -0.2) is 0 Å². The largest absolute Gasteiger partial charge is 0.504 e. The predicted molar refractivity (Wildman–Crippen MR) is 87.2 cm³/mol. The van der Waals surface area contributed by atoms with E-state index in [2.05, 4.69) is 24.3 Å². The van der Waals surface area contributed by atoms with Gasteiger partial charge in [0.25, 0.3) is 0 Å². The lowest BCUT2D eigenvalue weighted by molar-refractivity contribution is 0.381. The smallest absolute Gasteiger partial charge is 0.168 e. The molecule has 2 heteroatoms. The zero-order chi connectivity index (χ0) is 14.4. The highest BCUT2D eigenvalue weighted by Gasteiger charge is 2.14. The number of fused-ring (bicyclic) bond motifs is 4. The van der Waals surface area contributed by atoms with Gasteiger partial charge in [0.2, 0.25) is 0 Å². The van der Waals surface area contributed by atoms with E-state index in [-0.39, 0.29) is 5.75 Å². The van der Waals surface area contributed by atoms with Crippen LogP contribution in [0, 0.1) is 0 Å². The number of methoxy groups -OCH3 is 1. The molecule has 1 N–H and O–H groups in total. The van der Waals surface area contributed by atoms with Gasteiger partial charge in [-0.15, -0.1) is 0 Å². The van der Waals surface area contributed by atoms with Gasteiger partial charge in [-0.1, -0.05) is 48.5 Å². The van der Waals surface area contributed by atoms with Crippen molar-refractivity contribution >= 4 is 32.3 Å². The Bertz CT molecular complexity index is 987. The lowest BCUT2D eigenvalue weighted by Crippen LogP contribution is -1.89. The van der Waals surface area contributed by atoms with E-state index >= 15 is 0 Å². The van der Waals surface area contributed by atoms with Crippen LogP contribution in [0.5, 0.6) is 11.5 Å². The van der Waals surface area contributed by atoms with Crippen LogP contribution >= 0.6 is 0 Å². The topological polar surface area (TPSA) is 29.5 Å². The van der Waals surface area contributed by atoms with Gasteiger partial charge in [0, 0.05) is 10.8 Å². The first-order valence-electron chi connectivity index (χ1n) is 6.90. The molecule has 21 heavy (non-hydrogen) atoms. The number of benzene rings is 4. The van der Waals surface area contributed by atoms with E-state index < -0.39 is 0 Å². The summed E-state index contributed by atoms with van der Waals surface area (Å²) in [6, 6.07) is 20.3. The van der Waals surface area contributed by atoms with Gasteiger partial charge in [0.1, 0.15) is 0 Å². The van der Waals surface area contributed by atoms with Crippen molar-refractivity contribution < 1.29 is 9.84 Å². The van der Waals surface area contributed by atoms with Crippen molar-refractivity contribution in [2.24, 2.45) is 0 Å². The Kier molecular flexibility index (Phi) is 2.51. The molecule has 4 aromatic carbocycles. The summed E-state index contributed by atoms with van der Waals surface area (Å²) in [6.07, 6.45) is 0. The summed E-state index contributed by atoms with van der Waals surface area (Å²) in [4.78, 5) is 0. The van der Waals surface area contributed by atoms with Gasteiger partial charge < -0.3 is 9.84 Å². The second kappa shape index (κ2) is 4.38. The van der Waals surface area contributed by atoms with Gasteiger partial charge in [-0.3, -0.25) is 0 Å². The summed E-state index contributed by atoms with van der Waals surface area (Å²) in [5.74, 6) is 0.741. The van der Waals surface area contributed by atoms with Gasteiger partial charge in [-0.05, 0) is 33.7 Å². The van der Waals surface area contributed by atoms with E-state index in [4.69, 9.17) is 4.74 Å². The second-order valence-corrected chi connectivity index (χ2v) is 5.17. The molecule has 0 atom stereocenters. The summed E-state index contributed by atoms with van der Waals surface area (Å²) in [6.45, 7) is 0. The number of phenols is 1. The summed E-state index contributed by atoms with van der Waals surface area (Å²) in [7, 11) is 1.60.